The lowest BCUT2D eigenvalue weighted by molar-refractivity contribution is -0.384. The van der Waals surface area contributed by atoms with Gasteiger partial charge in [-0.15, -0.1) is 0 Å². The van der Waals surface area contributed by atoms with Gasteiger partial charge in [-0.05, 0) is 55.5 Å². The second-order valence-corrected chi connectivity index (χ2v) is 6.05. The van der Waals surface area contributed by atoms with Crippen molar-refractivity contribution in [2.75, 3.05) is 0 Å². The first-order valence-electron chi connectivity index (χ1n) is 8.07. The van der Waals surface area contributed by atoms with Crippen LogP contribution in [0, 0.1) is 10.1 Å². The molecule has 0 aliphatic heterocycles. The molecule has 0 spiro atoms. The van der Waals surface area contributed by atoms with Gasteiger partial charge >= 0.3 is 5.97 Å². The Morgan fingerprint density at radius 1 is 1.04 bits per heavy atom. The number of rotatable bonds is 5. The van der Waals surface area contributed by atoms with Gasteiger partial charge in [0, 0.05) is 17.7 Å². The molecule has 0 N–H and O–H groups in total. The Morgan fingerprint density at radius 3 is 2.36 bits per heavy atom. The Hall–Kier alpha value is -3.02. The summed E-state index contributed by atoms with van der Waals surface area (Å²) in [6, 6.07) is 10.7. The summed E-state index contributed by atoms with van der Waals surface area (Å²) in [6.45, 7) is 1.53. The summed E-state index contributed by atoms with van der Waals surface area (Å²) in [5, 5.41) is 10.6. The van der Waals surface area contributed by atoms with Gasteiger partial charge in [0.25, 0.3) is 5.69 Å². The van der Waals surface area contributed by atoms with Crippen molar-refractivity contribution < 1.29 is 19.2 Å². The molecule has 2 aromatic rings. The van der Waals surface area contributed by atoms with Crippen molar-refractivity contribution in [1.82, 2.24) is 0 Å². The fraction of sp³-hybridized carbons (Fsp3) is 0.263. The molecule has 3 rings (SSSR count). The molecule has 2 aromatic carbocycles. The van der Waals surface area contributed by atoms with Crippen LogP contribution in [-0.2, 0) is 17.6 Å². The topological polar surface area (TPSA) is 86.5 Å². The van der Waals surface area contributed by atoms with Crippen LogP contribution in [0.15, 0.2) is 42.5 Å². The summed E-state index contributed by atoms with van der Waals surface area (Å²) < 4.78 is 5.21. The Kier molecular flexibility index (Phi) is 4.61. The number of nitro benzene ring substituents is 1. The maximum atomic E-state index is 12.5. The predicted octanol–water partition coefficient (Wildman–Crippen LogP) is 3.51. The van der Waals surface area contributed by atoms with Crippen LogP contribution in [0.4, 0.5) is 5.69 Å². The average molecular weight is 339 g/mol. The highest BCUT2D eigenvalue weighted by Gasteiger charge is 2.22. The second kappa shape index (κ2) is 6.84. The van der Waals surface area contributed by atoms with Crippen molar-refractivity contribution in [2.45, 2.75) is 32.3 Å². The van der Waals surface area contributed by atoms with Gasteiger partial charge in [-0.25, -0.2) is 4.79 Å². The zero-order valence-corrected chi connectivity index (χ0v) is 13.7. The molecule has 0 saturated heterocycles. The first kappa shape index (κ1) is 16.8. The quantitative estimate of drug-likeness (QED) is 0.360. The number of benzene rings is 2. The molecule has 0 radical (unpaired) electrons. The summed E-state index contributed by atoms with van der Waals surface area (Å²) in [7, 11) is 0. The molecule has 1 aliphatic rings. The summed E-state index contributed by atoms with van der Waals surface area (Å²) in [4.78, 5) is 34.7. The highest BCUT2D eigenvalue weighted by Crippen LogP contribution is 2.24. The van der Waals surface area contributed by atoms with Gasteiger partial charge in [-0.2, -0.15) is 0 Å². The minimum atomic E-state index is -0.929. The second-order valence-electron chi connectivity index (χ2n) is 6.05. The van der Waals surface area contributed by atoms with Crippen molar-refractivity contribution in [3.63, 3.8) is 0 Å². The fourth-order valence-corrected chi connectivity index (χ4v) is 2.96. The standard InChI is InChI=1S/C19H17NO5/c1-12(18(21)16-6-5-13-3-2-4-15(13)11-16)25-19(22)14-7-9-17(10-8-14)20(23)24/h5-12H,2-4H2,1H3/t12-/m1/s1. The van der Waals surface area contributed by atoms with E-state index in [4.69, 9.17) is 4.74 Å². The molecule has 1 aliphatic carbocycles. The van der Waals surface area contributed by atoms with Gasteiger partial charge in [0.15, 0.2) is 6.10 Å². The normalized spacial score (nSPS) is 13.8. The third kappa shape index (κ3) is 3.57. The minimum absolute atomic E-state index is 0.112. The molecular weight excluding hydrogens is 322 g/mol. The smallest absolute Gasteiger partial charge is 0.338 e. The molecule has 0 fully saturated rings. The van der Waals surface area contributed by atoms with E-state index in [2.05, 4.69) is 0 Å². The monoisotopic (exact) mass is 339 g/mol. The van der Waals surface area contributed by atoms with Crippen LogP contribution in [0.2, 0.25) is 0 Å². The van der Waals surface area contributed by atoms with Crippen molar-refractivity contribution >= 4 is 17.4 Å². The third-order valence-corrected chi connectivity index (χ3v) is 4.35. The zero-order valence-electron chi connectivity index (χ0n) is 13.7. The summed E-state index contributed by atoms with van der Waals surface area (Å²) >= 11 is 0. The van der Waals surface area contributed by atoms with Gasteiger partial charge in [0.1, 0.15) is 0 Å². The number of carbonyl (C=O) groups excluding carboxylic acids is 2. The van der Waals surface area contributed by atoms with E-state index in [1.807, 2.05) is 12.1 Å². The largest absolute Gasteiger partial charge is 0.451 e. The van der Waals surface area contributed by atoms with Crippen molar-refractivity contribution in [3.8, 4) is 0 Å². The Balaban J connectivity index is 1.68. The van der Waals surface area contributed by atoms with E-state index in [9.17, 15) is 19.7 Å². The van der Waals surface area contributed by atoms with Crippen molar-refractivity contribution in [2.24, 2.45) is 0 Å². The van der Waals surface area contributed by atoms with Crippen LogP contribution in [-0.4, -0.2) is 22.8 Å². The molecule has 6 heteroatoms. The van der Waals surface area contributed by atoms with E-state index < -0.39 is 17.0 Å². The maximum Gasteiger partial charge on any atom is 0.338 e. The fourth-order valence-electron chi connectivity index (χ4n) is 2.96. The Bertz CT molecular complexity index is 841. The minimum Gasteiger partial charge on any atom is -0.451 e. The number of hydrogen-bond donors (Lipinski definition) is 0. The van der Waals surface area contributed by atoms with Crippen LogP contribution >= 0.6 is 0 Å². The number of fused-ring (bicyclic) bond motifs is 1. The molecule has 0 bridgehead atoms. The van der Waals surface area contributed by atoms with Gasteiger partial charge in [-0.3, -0.25) is 14.9 Å². The predicted molar refractivity (Wildman–Crippen MR) is 90.8 cm³/mol. The van der Waals surface area contributed by atoms with E-state index in [-0.39, 0.29) is 17.0 Å². The Morgan fingerprint density at radius 2 is 1.68 bits per heavy atom. The van der Waals surface area contributed by atoms with Crippen LogP contribution in [0.5, 0.6) is 0 Å². The molecule has 0 heterocycles. The number of ether oxygens (including phenoxy) is 1. The number of hydrogen-bond acceptors (Lipinski definition) is 5. The van der Waals surface area contributed by atoms with E-state index in [1.54, 1.807) is 6.07 Å². The van der Waals surface area contributed by atoms with Gasteiger partial charge < -0.3 is 4.74 Å². The molecule has 0 aromatic heterocycles. The van der Waals surface area contributed by atoms with Crippen molar-refractivity contribution in [3.05, 3.63) is 74.8 Å². The van der Waals surface area contributed by atoms with Gasteiger partial charge in [0.05, 0.1) is 10.5 Å². The lowest BCUT2D eigenvalue weighted by Gasteiger charge is -2.13. The third-order valence-electron chi connectivity index (χ3n) is 4.35. The summed E-state index contributed by atoms with van der Waals surface area (Å²) in [5.74, 6) is -0.943. The van der Waals surface area contributed by atoms with Crippen LogP contribution < -0.4 is 0 Å². The number of aryl methyl sites for hydroxylation is 2. The van der Waals surface area contributed by atoms with Gasteiger partial charge in [-0.1, -0.05) is 12.1 Å². The number of esters is 1. The highest BCUT2D eigenvalue weighted by molar-refractivity contribution is 6.01. The summed E-state index contributed by atoms with van der Waals surface area (Å²) in [6.07, 6.45) is 2.17. The van der Waals surface area contributed by atoms with Crippen LogP contribution in [0.3, 0.4) is 0 Å². The molecular formula is C19H17NO5. The van der Waals surface area contributed by atoms with Gasteiger partial charge in [0.2, 0.25) is 5.78 Å². The highest BCUT2D eigenvalue weighted by atomic mass is 16.6. The molecule has 128 valence electrons. The first-order valence-corrected chi connectivity index (χ1v) is 8.07. The molecule has 0 amide bonds. The Labute approximate surface area is 144 Å². The maximum absolute atomic E-state index is 12.5. The SMILES string of the molecule is C[C@@H](OC(=O)c1ccc([N+](=O)[O-])cc1)C(=O)c1ccc2c(c1)CCC2. The van der Waals surface area contributed by atoms with Crippen LogP contribution in [0.25, 0.3) is 0 Å². The van der Waals surface area contributed by atoms with E-state index >= 15 is 0 Å². The molecule has 6 nitrogen and oxygen atoms in total. The lowest BCUT2D eigenvalue weighted by Crippen LogP contribution is -2.24. The number of Topliss-reactive ketones (excluding diaryl/α,β-unsaturated/α-hetero) is 1. The number of ketones is 1. The molecule has 25 heavy (non-hydrogen) atoms. The lowest BCUT2D eigenvalue weighted by atomic mass is 10.0. The van der Waals surface area contributed by atoms with E-state index in [1.165, 1.54) is 42.3 Å². The average Bonchev–Trinajstić information content (AvgIpc) is 3.08. The number of non-ortho nitro benzene ring substituents is 1. The van der Waals surface area contributed by atoms with E-state index in [0.29, 0.717) is 5.56 Å². The van der Waals surface area contributed by atoms with E-state index in [0.717, 1.165) is 19.3 Å². The number of nitrogens with zero attached hydrogens (tertiary/aromatic N) is 1. The molecule has 0 unspecified atom stereocenters. The summed E-state index contributed by atoms with van der Waals surface area (Å²) in [5.41, 5.74) is 3.04. The van der Waals surface area contributed by atoms with Crippen molar-refractivity contribution in [1.29, 1.82) is 0 Å². The van der Waals surface area contributed by atoms with Crippen LogP contribution in [0.1, 0.15) is 45.2 Å². The first-order chi connectivity index (χ1) is 12.0. The number of carbonyl (C=O) groups is 2. The zero-order chi connectivity index (χ0) is 18.0. The molecule has 1 atom stereocenters. The number of nitro groups is 1. The molecule has 0 saturated carbocycles.